The van der Waals surface area contributed by atoms with Crippen molar-refractivity contribution in [2.24, 2.45) is 0 Å². The number of aromatic amines is 1. The van der Waals surface area contributed by atoms with E-state index in [0.717, 1.165) is 17.0 Å². The second kappa shape index (κ2) is 6.68. The molecule has 0 atom stereocenters. The van der Waals surface area contributed by atoms with Crippen molar-refractivity contribution in [3.63, 3.8) is 0 Å². The lowest BCUT2D eigenvalue weighted by Gasteiger charge is -2.27. The maximum absolute atomic E-state index is 13.3. The lowest BCUT2D eigenvalue weighted by molar-refractivity contribution is 0.0721. The number of carbonyl (C=O) groups excluding carboxylic acids is 1. The molecule has 0 bridgehead atoms. The van der Waals surface area contributed by atoms with Gasteiger partial charge in [0.15, 0.2) is 11.3 Å². The summed E-state index contributed by atoms with van der Waals surface area (Å²) in [6.45, 7) is 6.11. The zero-order valence-corrected chi connectivity index (χ0v) is 16.9. The summed E-state index contributed by atoms with van der Waals surface area (Å²) >= 11 is 0. The summed E-state index contributed by atoms with van der Waals surface area (Å²) < 4.78 is 12.0. The average Bonchev–Trinajstić information content (AvgIpc) is 3.43. The van der Waals surface area contributed by atoms with E-state index in [-0.39, 0.29) is 23.7 Å². The molecule has 4 aromatic rings. The number of nitrogens with one attached hydrogen (secondary N) is 1. The van der Waals surface area contributed by atoms with Gasteiger partial charge in [-0.3, -0.25) is 14.7 Å². The number of hydrogen-bond donors (Lipinski definition) is 1. The summed E-state index contributed by atoms with van der Waals surface area (Å²) in [5.74, 6) is 1.01. The van der Waals surface area contributed by atoms with Gasteiger partial charge in [-0.2, -0.15) is 0 Å². The molecule has 4 aromatic heterocycles. The van der Waals surface area contributed by atoms with Gasteiger partial charge in [-0.25, -0.2) is 9.50 Å². The van der Waals surface area contributed by atoms with Gasteiger partial charge in [0, 0.05) is 42.8 Å². The van der Waals surface area contributed by atoms with Crippen molar-refractivity contribution in [1.82, 2.24) is 29.8 Å². The Hall–Kier alpha value is -3.69. The minimum atomic E-state index is -0.268. The van der Waals surface area contributed by atoms with Gasteiger partial charge in [0.1, 0.15) is 11.5 Å². The lowest BCUT2D eigenvalue weighted by Crippen LogP contribution is -2.40. The van der Waals surface area contributed by atoms with Crippen molar-refractivity contribution in [3.8, 4) is 0 Å². The van der Waals surface area contributed by atoms with Crippen LogP contribution in [0.15, 0.2) is 26.1 Å². The molecule has 0 unspecified atom stereocenters. The Kier molecular flexibility index (Phi) is 4.09. The highest BCUT2D eigenvalue weighted by Crippen LogP contribution is 2.25. The van der Waals surface area contributed by atoms with Crippen LogP contribution in [0.4, 0.5) is 0 Å². The molecule has 0 radical (unpaired) electrons. The molecule has 0 fully saturated rings. The van der Waals surface area contributed by atoms with E-state index in [2.05, 4.69) is 20.4 Å². The van der Waals surface area contributed by atoms with Crippen LogP contribution in [0.3, 0.4) is 0 Å². The zero-order valence-electron chi connectivity index (χ0n) is 16.9. The molecule has 0 saturated heterocycles. The van der Waals surface area contributed by atoms with Gasteiger partial charge in [-0.15, -0.1) is 0 Å². The van der Waals surface area contributed by atoms with Gasteiger partial charge in [-0.1, -0.05) is 10.3 Å². The largest absolute Gasteiger partial charge is 0.361 e. The second-order valence-corrected chi connectivity index (χ2v) is 7.52. The van der Waals surface area contributed by atoms with Crippen LogP contribution in [0.5, 0.6) is 0 Å². The zero-order chi connectivity index (χ0) is 21.0. The first-order valence-electron chi connectivity index (χ1n) is 9.68. The molecule has 154 valence electrons. The monoisotopic (exact) mass is 408 g/mol. The molecule has 1 amide bonds. The summed E-state index contributed by atoms with van der Waals surface area (Å²) in [7, 11) is 0. The van der Waals surface area contributed by atoms with E-state index in [1.807, 2.05) is 13.8 Å². The first kappa shape index (κ1) is 18.3. The Bertz CT molecular complexity index is 1320. The molecule has 0 saturated carbocycles. The fraction of sp³-hybridized carbons (Fsp3) is 0.350. The summed E-state index contributed by atoms with van der Waals surface area (Å²) in [5, 5.41) is 10.9. The summed E-state index contributed by atoms with van der Waals surface area (Å²) in [5.41, 5.74) is 4.28. The molecule has 1 aliphatic rings. The van der Waals surface area contributed by atoms with Crippen LogP contribution < -0.4 is 5.56 Å². The Morgan fingerprint density at radius 2 is 1.93 bits per heavy atom. The Labute approximate surface area is 170 Å². The lowest BCUT2D eigenvalue weighted by atomic mass is 10.0. The van der Waals surface area contributed by atoms with E-state index in [4.69, 9.17) is 9.05 Å². The van der Waals surface area contributed by atoms with Crippen LogP contribution in [0.1, 0.15) is 50.1 Å². The van der Waals surface area contributed by atoms with Crippen molar-refractivity contribution in [1.29, 1.82) is 0 Å². The van der Waals surface area contributed by atoms with Gasteiger partial charge in [-0.05, 0) is 20.8 Å². The van der Waals surface area contributed by atoms with Crippen LogP contribution in [0, 0.1) is 20.8 Å². The predicted molar refractivity (Wildman–Crippen MR) is 104 cm³/mol. The molecule has 5 rings (SSSR count). The minimum absolute atomic E-state index is 0.179. The van der Waals surface area contributed by atoms with Gasteiger partial charge in [0.25, 0.3) is 11.5 Å². The predicted octanol–water partition coefficient (Wildman–Crippen LogP) is 1.71. The summed E-state index contributed by atoms with van der Waals surface area (Å²) in [6.07, 6.45) is 2.61. The Morgan fingerprint density at radius 3 is 2.70 bits per heavy atom. The number of aryl methyl sites for hydroxylation is 3. The highest BCUT2D eigenvalue weighted by atomic mass is 16.5. The van der Waals surface area contributed by atoms with Crippen molar-refractivity contribution in [2.75, 3.05) is 6.54 Å². The Balaban J connectivity index is 1.47. The van der Waals surface area contributed by atoms with Crippen molar-refractivity contribution < 1.29 is 13.8 Å². The number of aromatic nitrogens is 5. The molecular formula is C20H20N6O4. The third kappa shape index (κ3) is 2.75. The molecule has 10 nitrogen and oxygen atoms in total. The van der Waals surface area contributed by atoms with E-state index in [1.165, 1.54) is 4.52 Å². The topological polar surface area (TPSA) is 123 Å². The standard InChI is InChI=1S/C20H20N6O4/c1-10-13(11(2)29-23-10)8-14-12(3)30-24-18(14)20(28)25-7-5-16-15(9-25)19(27)26-17(22-16)4-6-21-26/h4,6,21H,5,7-9H2,1-3H3. The number of rotatable bonds is 3. The number of H-pyrrole nitrogens is 1. The van der Waals surface area contributed by atoms with Gasteiger partial charge in [0.05, 0.1) is 23.5 Å². The molecule has 5 heterocycles. The van der Waals surface area contributed by atoms with Crippen molar-refractivity contribution in [2.45, 2.75) is 40.2 Å². The average molecular weight is 408 g/mol. The first-order valence-corrected chi connectivity index (χ1v) is 9.68. The normalized spacial score (nSPS) is 13.8. The van der Waals surface area contributed by atoms with Gasteiger partial charge in [0.2, 0.25) is 0 Å². The highest BCUT2D eigenvalue weighted by molar-refractivity contribution is 5.94. The van der Waals surface area contributed by atoms with E-state index in [0.29, 0.717) is 47.7 Å². The first-order chi connectivity index (χ1) is 14.4. The number of fused-ring (bicyclic) bond motifs is 2. The van der Waals surface area contributed by atoms with Crippen LogP contribution in [-0.2, 0) is 19.4 Å². The molecule has 1 N–H and O–H groups in total. The molecule has 0 aliphatic carbocycles. The summed E-state index contributed by atoms with van der Waals surface area (Å²) in [6, 6.07) is 1.75. The Morgan fingerprint density at radius 1 is 1.17 bits per heavy atom. The van der Waals surface area contributed by atoms with Gasteiger partial charge >= 0.3 is 0 Å². The fourth-order valence-electron chi connectivity index (χ4n) is 3.94. The van der Waals surface area contributed by atoms with Crippen molar-refractivity contribution in [3.05, 3.63) is 67.9 Å². The molecular weight excluding hydrogens is 388 g/mol. The van der Waals surface area contributed by atoms with E-state index in [9.17, 15) is 9.59 Å². The molecule has 0 spiro atoms. The van der Waals surface area contributed by atoms with Gasteiger partial charge < -0.3 is 13.9 Å². The van der Waals surface area contributed by atoms with Crippen LogP contribution in [0.25, 0.3) is 5.65 Å². The molecule has 30 heavy (non-hydrogen) atoms. The van der Waals surface area contributed by atoms with Crippen LogP contribution >= 0.6 is 0 Å². The SMILES string of the molecule is Cc1noc(C)c1Cc1c(C(=O)N2CCc3nc4cc[nH]n4c(=O)c3C2)noc1C. The minimum Gasteiger partial charge on any atom is -0.361 e. The smallest absolute Gasteiger partial charge is 0.277 e. The number of hydrogen-bond acceptors (Lipinski definition) is 7. The maximum Gasteiger partial charge on any atom is 0.277 e. The number of nitrogens with zero attached hydrogens (tertiary/aromatic N) is 5. The summed E-state index contributed by atoms with van der Waals surface area (Å²) in [4.78, 5) is 32.2. The highest BCUT2D eigenvalue weighted by Gasteiger charge is 2.30. The number of carbonyl (C=O) groups is 1. The van der Waals surface area contributed by atoms with E-state index < -0.39 is 0 Å². The molecule has 10 heteroatoms. The maximum atomic E-state index is 13.3. The van der Waals surface area contributed by atoms with E-state index >= 15 is 0 Å². The van der Waals surface area contributed by atoms with Crippen molar-refractivity contribution >= 4 is 11.6 Å². The number of amides is 1. The quantitative estimate of drug-likeness (QED) is 0.547. The van der Waals surface area contributed by atoms with Crippen LogP contribution in [-0.4, -0.2) is 42.3 Å². The fourth-order valence-corrected chi connectivity index (χ4v) is 3.94. The third-order valence-electron chi connectivity index (χ3n) is 5.70. The molecule has 1 aliphatic heterocycles. The second-order valence-electron chi connectivity index (χ2n) is 7.52. The third-order valence-corrected chi connectivity index (χ3v) is 5.70. The van der Waals surface area contributed by atoms with E-state index in [1.54, 1.807) is 24.1 Å². The molecule has 0 aromatic carbocycles. The van der Waals surface area contributed by atoms with Crippen LogP contribution in [0.2, 0.25) is 0 Å².